The van der Waals surface area contributed by atoms with Gasteiger partial charge in [-0.05, 0) is 51.3 Å². The standard InChI is InChI=1S/C20H29NO5/c1-4-12-25-17-11-10-15(13-18(17)24-5-2)20(23)26-14(3)19(22)21-16-8-6-7-9-16/h10-11,13-14,16H,4-9,12H2,1-3H3,(H,21,22). The third-order valence-electron chi connectivity index (χ3n) is 4.30. The molecule has 1 N–H and O–H groups in total. The van der Waals surface area contributed by atoms with Gasteiger partial charge in [0.25, 0.3) is 5.91 Å². The predicted octanol–water partition coefficient (Wildman–Crippen LogP) is 3.48. The largest absolute Gasteiger partial charge is 0.490 e. The fraction of sp³-hybridized carbons (Fsp3) is 0.600. The minimum absolute atomic E-state index is 0.197. The molecular formula is C20H29NO5. The van der Waals surface area contributed by atoms with Gasteiger partial charge in [0.1, 0.15) is 0 Å². The van der Waals surface area contributed by atoms with Crippen molar-refractivity contribution in [1.29, 1.82) is 0 Å². The first-order valence-corrected chi connectivity index (χ1v) is 9.46. The lowest BCUT2D eigenvalue weighted by atomic mass is 10.2. The van der Waals surface area contributed by atoms with E-state index in [1.165, 1.54) is 0 Å². The van der Waals surface area contributed by atoms with Crippen LogP contribution in [0.3, 0.4) is 0 Å². The van der Waals surface area contributed by atoms with Crippen molar-refractivity contribution in [2.75, 3.05) is 13.2 Å². The predicted molar refractivity (Wildman–Crippen MR) is 98.7 cm³/mol. The summed E-state index contributed by atoms with van der Waals surface area (Å²) in [6.07, 6.45) is 4.28. The third kappa shape index (κ3) is 5.64. The fourth-order valence-corrected chi connectivity index (χ4v) is 2.91. The summed E-state index contributed by atoms with van der Waals surface area (Å²) in [7, 11) is 0. The summed E-state index contributed by atoms with van der Waals surface area (Å²) in [6.45, 7) is 6.50. The Balaban J connectivity index is 1.98. The molecule has 26 heavy (non-hydrogen) atoms. The molecule has 0 aromatic heterocycles. The summed E-state index contributed by atoms with van der Waals surface area (Å²) in [4.78, 5) is 24.6. The highest BCUT2D eigenvalue weighted by Gasteiger charge is 2.24. The van der Waals surface area contributed by atoms with Crippen LogP contribution in [0.15, 0.2) is 18.2 Å². The van der Waals surface area contributed by atoms with E-state index < -0.39 is 12.1 Å². The number of amides is 1. The highest BCUT2D eigenvalue weighted by Crippen LogP contribution is 2.29. The van der Waals surface area contributed by atoms with E-state index in [0.717, 1.165) is 32.1 Å². The lowest BCUT2D eigenvalue weighted by Crippen LogP contribution is -2.40. The minimum atomic E-state index is -0.838. The van der Waals surface area contributed by atoms with Gasteiger partial charge < -0.3 is 19.5 Å². The molecule has 0 saturated heterocycles. The summed E-state index contributed by atoms with van der Waals surface area (Å²) in [5, 5.41) is 2.94. The number of benzene rings is 1. The fourth-order valence-electron chi connectivity index (χ4n) is 2.91. The van der Waals surface area contributed by atoms with Gasteiger partial charge in [-0.1, -0.05) is 19.8 Å². The van der Waals surface area contributed by atoms with Gasteiger partial charge >= 0.3 is 5.97 Å². The average Bonchev–Trinajstić information content (AvgIpc) is 3.13. The van der Waals surface area contributed by atoms with Crippen LogP contribution < -0.4 is 14.8 Å². The van der Waals surface area contributed by atoms with Gasteiger partial charge in [0.15, 0.2) is 17.6 Å². The highest BCUT2D eigenvalue weighted by atomic mass is 16.5. The van der Waals surface area contributed by atoms with E-state index in [2.05, 4.69) is 5.32 Å². The number of ether oxygens (including phenoxy) is 3. The number of hydrogen-bond acceptors (Lipinski definition) is 5. The maximum Gasteiger partial charge on any atom is 0.339 e. The lowest BCUT2D eigenvalue weighted by Gasteiger charge is -2.17. The SMILES string of the molecule is CCCOc1ccc(C(=O)OC(C)C(=O)NC2CCCC2)cc1OCC. The molecule has 0 aliphatic heterocycles. The van der Waals surface area contributed by atoms with Crippen molar-refractivity contribution >= 4 is 11.9 Å². The molecule has 1 aromatic rings. The first-order valence-electron chi connectivity index (χ1n) is 9.46. The van der Waals surface area contributed by atoms with Crippen LogP contribution >= 0.6 is 0 Å². The summed E-state index contributed by atoms with van der Waals surface area (Å²) in [6, 6.07) is 5.11. The van der Waals surface area contributed by atoms with E-state index in [0.29, 0.717) is 30.3 Å². The lowest BCUT2D eigenvalue weighted by molar-refractivity contribution is -0.129. The Hall–Kier alpha value is -2.24. The van der Waals surface area contributed by atoms with Gasteiger partial charge in [-0.2, -0.15) is 0 Å². The number of rotatable bonds is 9. The van der Waals surface area contributed by atoms with Crippen molar-refractivity contribution in [3.8, 4) is 11.5 Å². The zero-order chi connectivity index (χ0) is 18.9. The molecule has 1 fully saturated rings. The maximum atomic E-state index is 12.4. The zero-order valence-electron chi connectivity index (χ0n) is 15.9. The van der Waals surface area contributed by atoms with Crippen LogP contribution in [0.5, 0.6) is 11.5 Å². The maximum absolute atomic E-state index is 12.4. The van der Waals surface area contributed by atoms with Crippen molar-refractivity contribution in [3.63, 3.8) is 0 Å². The van der Waals surface area contributed by atoms with Gasteiger partial charge in [-0.25, -0.2) is 4.79 Å². The second kappa shape index (κ2) is 10.0. The molecule has 6 heteroatoms. The molecule has 0 radical (unpaired) electrons. The van der Waals surface area contributed by atoms with Crippen molar-refractivity contribution < 1.29 is 23.8 Å². The van der Waals surface area contributed by atoms with Gasteiger partial charge in [0.05, 0.1) is 18.8 Å². The molecule has 1 unspecified atom stereocenters. The molecule has 144 valence electrons. The van der Waals surface area contributed by atoms with Crippen molar-refractivity contribution in [1.82, 2.24) is 5.32 Å². The van der Waals surface area contributed by atoms with Crippen molar-refractivity contribution in [2.24, 2.45) is 0 Å². The molecule has 2 rings (SSSR count). The Kier molecular flexibility index (Phi) is 7.75. The molecule has 1 atom stereocenters. The second-order valence-corrected chi connectivity index (χ2v) is 6.48. The normalized spacial score (nSPS) is 15.3. The zero-order valence-corrected chi connectivity index (χ0v) is 15.9. The molecule has 1 aliphatic carbocycles. The topological polar surface area (TPSA) is 73.9 Å². The molecule has 0 spiro atoms. The molecule has 1 aromatic carbocycles. The second-order valence-electron chi connectivity index (χ2n) is 6.48. The van der Waals surface area contributed by atoms with Gasteiger partial charge in [-0.15, -0.1) is 0 Å². The molecular weight excluding hydrogens is 334 g/mol. The van der Waals surface area contributed by atoms with Crippen molar-refractivity contribution in [2.45, 2.75) is 65.0 Å². The molecule has 1 amide bonds. The smallest absolute Gasteiger partial charge is 0.339 e. The summed E-state index contributed by atoms with van der Waals surface area (Å²) >= 11 is 0. The van der Waals surface area contributed by atoms with Crippen LogP contribution in [0.25, 0.3) is 0 Å². The van der Waals surface area contributed by atoms with Gasteiger partial charge in [-0.3, -0.25) is 4.79 Å². The van der Waals surface area contributed by atoms with E-state index in [-0.39, 0.29) is 11.9 Å². The van der Waals surface area contributed by atoms with Crippen LogP contribution in [0.1, 0.15) is 63.2 Å². The molecule has 0 bridgehead atoms. The molecule has 1 saturated carbocycles. The van der Waals surface area contributed by atoms with Crippen LogP contribution in [-0.2, 0) is 9.53 Å². The van der Waals surface area contributed by atoms with Crippen LogP contribution in [0.4, 0.5) is 0 Å². The number of carbonyl (C=O) groups is 2. The molecule has 0 heterocycles. The van der Waals surface area contributed by atoms with E-state index in [1.807, 2.05) is 13.8 Å². The Morgan fingerprint density at radius 1 is 1.15 bits per heavy atom. The average molecular weight is 363 g/mol. The van der Waals surface area contributed by atoms with Gasteiger partial charge in [0.2, 0.25) is 0 Å². The third-order valence-corrected chi connectivity index (χ3v) is 4.30. The number of hydrogen-bond donors (Lipinski definition) is 1. The monoisotopic (exact) mass is 363 g/mol. The Morgan fingerprint density at radius 3 is 2.54 bits per heavy atom. The van der Waals surface area contributed by atoms with Crippen molar-refractivity contribution in [3.05, 3.63) is 23.8 Å². The Bertz CT molecular complexity index is 610. The highest BCUT2D eigenvalue weighted by molar-refractivity contribution is 5.92. The van der Waals surface area contributed by atoms with Crippen LogP contribution in [-0.4, -0.2) is 37.2 Å². The number of carbonyl (C=O) groups excluding carboxylic acids is 2. The minimum Gasteiger partial charge on any atom is -0.490 e. The van der Waals surface area contributed by atoms with Gasteiger partial charge in [0, 0.05) is 6.04 Å². The molecule has 1 aliphatic rings. The quantitative estimate of drug-likeness (QED) is 0.680. The Labute approximate surface area is 155 Å². The summed E-state index contributed by atoms with van der Waals surface area (Å²) in [5.74, 6) is 0.288. The first kappa shape index (κ1) is 20.1. The van der Waals surface area contributed by atoms with E-state index >= 15 is 0 Å². The van der Waals surface area contributed by atoms with E-state index in [9.17, 15) is 9.59 Å². The van der Waals surface area contributed by atoms with E-state index in [4.69, 9.17) is 14.2 Å². The number of nitrogens with one attached hydrogen (secondary N) is 1. The number of esters is 1. The summed E-state index contributed by atoms with van der Waals surface area (Å²) in [5.41, 5.74) is 0.331. The van der Waals surface area contributed by atoms with E-state index in [1.54, 1.807) is 25.1 Å². The Morgan fingerprint density at radius 2 is 1.88 bits per heavy atom. The first-order chi connectivity index (χ1) is 12.5. The molecule has 6 nitrogen and oxygen atoms in total. The van der Waals surface area contributed by atoms with Crippen LogP contribution in [0, 0.1) is 0 Å². The van der Waals surface area contributed by atoms with Crippen LogP contribution in [0.2, 0.25) is 0 Å². The summed E-state index contributed by atoms with van der Waals surface area (Å²) < 4.78 is 16.5.